The summed E-state index contributed by atoms with van der Waals surface area (Å²) in [6.07, 6.45) is 4.75. The van der Waals surface area contributed by atoms with E-state index in [1.807, 2.05) is 40.8 Å². The number of imidazole rings is 1. The van der Waals surface area contributed by atoms with E-state index in [1.165, 1.54) is 6.07 Å². The summed E-state index contributed by atoms with van der Waals surface area (Å²) in [4.78, 5) is 23.8. The molecular weight excluding hydrogens is 429 g/mol. The second-order valence-electron chi connectivity index (χ2n) is 8.75. The van der Waals surface area contributed by atoms with E-state index >= 15 is 0 Å². The molecule has 0 spiro atoms. The first kappa shape index (κ1) is 23.0. The SMILES string of the molecule is Cc1ccc(-n2ccnc2)c(C(=O)N2CCC[C@@H](C)[C@H]2CCc2ccc(C(F)(F)F)cn2)c1. The number of hydrogen-bond acceptors (Lipinski definition) is 3. The van der Waals surface area contributed by atoms with E-state index in [4.69, 9.17) is 0 Å². The highest BCUT2D eigenvalue weighted by atomic mass is 19.4. The van der Waals surface area contributed by atoms with E-state index < -0.39 is 11.7 Å². The van der Waals surface area contributed by atoms with Gasteiger partial charge in [-0.1, -0.05) is 18.6 Å². The number of benzene rings is 1. The second kappa shape index (κ2) is 9.37. The molecule has 1 aliphatic rings. The minimum Gasteiger partial charge on any atom is -0.335 e. The van der Waals surface area contributed by atoms with Crippen molar-refractivity contribution >= 4 is 5.91 Å². The standard InChI is InChI=1S/C25H27F3N4O/c1-17-5-9-23(31-13-11-29-16-31)21(14-17)24(33)32-12-3-4-18(2)22(32)10-8-20-7-6-19(15-30-20)25(26,27)28/h5-7,9,11,13-16,18,22H,3-4,8,10,12H2,1-2H3/t18-,22-/m1/s1. The van der Waals surface area contributed by atoms with Gasteiger partial charge >= 0.3 is 6.18 Å². The minimum atomic E-state index is -4.40. The summed E-state index contributed by atoms with van der Waals surface area (Å²) in [6.45, 7) is 4.75. The molecule has 0 unspecified atom stereocenters. The highest BCUT2D eigenvalue weighted by Crippen LogP contribution is 2.31. The number of nitrogens with zero attached hydrogens (tertiary/aromatic N) is 4. The first-order valence-electron chi connectivity index (χ1n) is 11.2. The number of amides is 1. The lowest BCUT2D eigenvalue weighted by Gasteiger charge is -2.40. The van der Waals surface area contributed by atoms with Crippen molar-refractivity contribution in [1.29, 1.82) is 0 Å². The van der Waals surface area contributed by atoms with Crippen molar-refractivity contribution in [2.24, 2.45) is 5.92 Å². The van der Waals surface area contributed by atoms with Crippen molar-refractivity contribution in [3.8, 4) is 5.69 Å². The van der Waals surface area contributed by atoms with Gasteiger partial charge in [-0.15, -0.1) is 0 Å². The Morgan fingerprint density at radius 1 is 1.21 bits per heavy atom. The van der Waals surface area contributed by atoms with Gasteiger partial charge in [0.2, 0.25) is 0 Å². The molecule has 1 saturated heterocycles. The molecule has 33 heavy (non-hydrogen) atoms. The fourth-order valence-electron chi connectivity index (χ4n) is 4.58. The number of halogens is 3. The highest BCUT2D eigenvalue weighted by Gasteiger charge is 2.34. The largest absolute Gasteiger partial charge is 0.417 e. The van der Waals surface area contributed by atoms with E-state index in [9.17, 15) is 18.0 Å². The van der Waals surface area contributed by atoms with Gasteiger partial charge in [0.1, 0.15) is 0 Å². The predicted molar refractivity (Wildman–Crippen MR) is 119 cm³/mol. The zero-order valence-corrected chi connectivity index (χ0v) is 18.7. The van der Waals surface area contributed by atoms with Gasteiger partial charge in [0.25, 0.3) is 5.91 Å². The number of likely N-dealkylation sites (tertiary alicyclic amines) is 1. The van der Waals surface area contributed by atoms with Crippen LogP contribution in [0.25, 0.3) is 5.69 Å². The Labute approximate surface area is 191 Å². The first-order chi connectivity index (χ1) is 15.7. The Kier molecular flexibility index (Phi) is 6.54. The van der Waals surface area contributed by atoms with Crippen LogP contribution in [0.3, 0.4) is 0 Å². The fourth-order valence-corrected chi connectivity index (χ4v) is 4.58. The van der Waals surface area contributed by atoms with E-state index in [-0.39, 0.29) is 11.9 Å². The van der Waals surface area contributed by atoms with Gasteiger partial charge < -0.3 is 9.47 Å². The average Bonchev–Trinajstić information content (AvgIpc) is 3.32. The Balaban J connectivity index is 1.55. The Morgan fingerprint density at radius 3 is 2.70 bits per heavy atom. The van der Waals surface area contributed by atoms with Gasteiger partial charge in [0.15, 0.2) is 0 Å². The first-order valence-corrected chi connectivity index (χ1v) is 11.2. The zero-order chi connectivity index (χ0) is 23.6. The molecule has 1 aliphatic heterocycles. The van der Waals surface area contributed by atoms with Crippen LogP contribution < -0.4 is 0 Å². The van der Waals surface area contributed by atoms with Crippen molar-refractivity contribution in [1.82, 2.24) is 19.4 Å². The lowest BCUT2D eigenvalue weighted by Crippen LogP contribution is -2.48. The maximum Gasteiger partial charge on any atom is 0.417 e. The smallest absolute Gasteiger partial charge is 0.335 e. The Hall–Kier alpha value is -3.16. The summed E-state index contributed by atoms with van der Waals surface area (Å²) < 4.78 is 40.3. The molecule has 1 fully saturated rings. The van der Waals surface area contributed by atoms with Gasteiger partial charge in [-0.25, -0.2) is 4.98 Å². The van der Waals surface area contributed by atoms with Crippen molar-refractivity contribution in [3.63, 3.8) is 0 Å². The van der Waals surface area contributed by atoms with E-state index in [1.54, 1.807) is 12.5 Å². The number of carbonyl (C=O) groups excluding carboxylic acids is 1. The molecular formula is C25H27F3N4O. The van der Waals surface area contributed by atoms with Gasteiger partial charge in [-0.3, -0.25) is 9.78 Å². The number of piperidine rings is 1. The van der Waals surface area contributed by atoms with Gasteiger partial charge in [0.05, 0.1) is 23.1 Å². The molecule has 1 aromatic carbocycles. The Morgan fingerprint density at radius 2 is 2.03 bits per heavy atom. The van der Waals surface area contributed by atoms with Crippen molar-refractivity contribution in [2.75, 3.05) is 6.54 Å². The van der Waals surface area contributed by atoms with Crippen LogP contribution in [-0.2, 0) is 12.6 Å². The van der Waals surface area contributed by atoms with Gasteiger partial charge in [0, 0.05) is 36.9 Å². The van der Waals surface area contributed by atoms with Crippen LogP contribution in [0.4, 0.5) is 13.2 Å². The van der Waals surface area contributed by atoms with Crippen LogP contribution >= 0.6 is 0 Å². The summed E-state index contributed by atoms with van der Waals surface area (Å²) in [5, 5.41) is 0. The van der Waals surface area contributed by atoms with Crippen LogP contribution in [0.1, 0.15) is 53.4 Å². The number of aryl methyl sites for hydroxylation is 2. The van der Waals surface area contributed by atoms with Gasteiger partial charge in [-0.2, -0.15) is 13.2 Å². The third-order valence-corrected chi connectivity index (χ3v) is 6.39. The third-order valence-electron chi connectivity index (χ3n) is 6.39. The maximum absolute atomic E-state index is 13.7. The molecule has 0 aliphatic carbocycles. The van der Waals surface area contributed by atoms with Crippen LogP contribution in [0, 0.1) is 12.8 Å². The van der Waals surface area contributed by atoms with Crippen molar-refractivity contribution in [3.05, 3.63) is 77.6 Å². The molecule has 2 atom stereocenters. The molecule has 1 amide bonds. The molecule has 3 heterocycles. The normalized spacial score (nSPS) is 19.0. The summed E-state index contributed by atoms with van der Waals surface area (Å²) in [7, 11) is 0. The van der Waals surface area contributed by atoms with E-state index in [0.717, 1.165) is 36.4 Å². The number of rotatable bonds is 5. The molecule has 8 heteroatoms. The average molecular weight is 457 g/mol. The molecule has 3 aromatic rings. The van der Waals surface area contributed by atoms with Crippen LogP contribution in [0.5, 0.6) is 0 Å². The zero-order valence-electron chi connectivity index (χ0n) is 18.7. The number of alkyl halides is 3. The minimum absolute atomic E-state index is 0.00788. The third kappa shape index (κ3) is 5.10. The van der Waals surface area contributed by atoms with Crippen LogP contribution in [0.15, 0.2) is 55.2 Å². The molecule has 0 radical (unpaired) electrons. The second-order valence-corrected chi connectivity index (χ2v) is 8.75. The molecule has 0 bridgehead atoms. The summed E-state index contributed by atoms with van der Waals surface area (Å²) >= 11 is 0. The highest BCUT2D eigenvalue weighted by molar-refractivity contribution is 5.98. The summed E-state index contributed by atoms with van der Waals surface area (Å²) in [5.74, 6) is 0.262. The predicted octanol–water partition coefficient (Wildman–Crippen LogP) is 5.47. The number of pyridine rings is 1. The number of aromatic nitrogens is 3. The topological polar surface area (TPSA) is 51.0 Å². The maximum atomic E-state index is 13.7. The lowest BCUT2D eigenvalue weighted by molar-refractivity contribution is -0.137. The Bertz CT molecular complexity index is 1090. The molecule has 5 nitrogen and oxygen atoms in total. The number of carbonyl (C=O) groups is 1. The summed E-state index contributed by atoms with van der Waals surface area (Å²) in [5.41, 5.74) is 2.26. The number of hydrogen-bond donors (Lipinski definition) is 0. The van der Waals surface area contributed by atoms with Crippen LogP contribution in [0.2, 0.25) is 0 Å². The fraction of sp³-hybridized carbons (Fsp3) is 0.400. The molecule has 2 aromatic heterocycles. The van der Waals surface area contributed by atoms with Crippen molar-refractivity contribution < 1.29 is 18.0 Å². The molecule has 0 saturated carbocycles. The van der Waals surface area contributed by atoms with Crippen LogP contribution in [-0.4, -0.2) is 37.9 Å². The van der Waals surface area contributed by atoms with Crippen molar-refractivity contribution in [2.45, 2.75) is 51.7 Å². The molecule has 174 valence electrons. The van der Waals surface area contributed by atoms with E-state index in [0.29, 0.717) is 36.6 Å². The quantitative estimate of drug-likeness (QED) is 0.512. The molecule has 4 rings (SSSR count). The lowest BCUT2D eigenvalue weighted by atomic mass is 9.86. The van der Waals surface area contributed by atoms with E-state index in [2.05, 4.69) is 16.9 Å². The monoisotopic (exact) mass is 456 g/mol. The van der Waals surface area contributed by atoms with Gasteiger partial charge in [-0.05, 0) is 62.8 Å². The summed E-state index contributed by atoms with van der Waals surface area (Å²) in [6, 6.07) is 8.30. The molecule has 0 N–H and O–H groups in total.